The van der Waals surface area contributed by atoms with E-state index in [1.54, 1.807) is 21.0 Å². The van der Waals surface area contributed by atoms with E-state index in [2.05, 4.69) is 22.2 Å². The van der Waals surface area contributed by atoms with Gasteiger partial charge in [0.1, 0.15) is 0 Å². The third-order valence-electron chi connectivity index (χ3n) is 2.67. The molecule has 0 fully saturated rings. The smallest absolute Gasteiger partial charge is 0.341 e. The topological polar surface area (TPSA) is 73.3 Å². The van der Waals surface area contributed by atoms with Crippen molar-refractivity contribution in [1.29, 1.82) is 0 Å². The molecule has 106 valence electrons. The number of aromatic nitrogens is 2. The first kappa shape index (κ1) is 15.4. The fourth-order valence-corrected chi connectivity index (χ4v) is 1.59. The summed E-state index contributed by atoms with van der Waals surface area (Å²) < 4.78 is 10.0. The van der Waals surface area contributed by atoms with Gasteiger partial charge in [-0.25, -0.2) is 14.8 Å². The number of hydrogen-bond acceptors (Lipinski definition) is 6. The zero-order valence-corrected chi connectivity index (χ0v) is 11.9. The molecule has 6 heteroatoms. The van der Waals surface area contributed by atoms with Crippen molar-refractivity contribution >= 4 is 11.9 Å². The van der Waals surface area contributed by atoms with Gasteiger partial charge in [-0.2, -0.15) is 0 Å². The van der Waals surface area contributed by atoms with Gasteiger partial charge in [-0.05, 0) is 20.3 Å². The van der Waals surface area contributed by atoms with Gasteiger partial charge in [-0.1, -0.05) is 6.92 Å². The highest BCUT2D eigenvalue weighted by Gasteiger charge is 2.14. The van der Waals surface area contributed by atoms with Gasteiger partial charge >= 0.3 is 5.97 Å². The van der Waals surface area contributed by atoms with Crippen molar-refractivity contribution in [1.82, 2.24) is 9.97 Å². The van der Waals surface area contributed by atoms with Gasteiger partial charge in [0, 0.05) is 13.3 Å². The van der Waals surface area contributed by atoms with E-state index in [1.807, 2.05) is 0 Å². The quantitative estimate of drug-likeness (QED) is 0.759. The Bertz CT molecular complexity index is 424. The van der Waals surface area contributed by atoms with Crippen molar-refractivity contribution in [3.63, 3.8) is 0 Å². The van der Waals surface area contributed by atoms with E-state index in [0.717, 1.165) is 6.42 Å². The molecule has 0 spiro atoms. The third kappa shape index (κ3) is 4.48. The molecule has 0 saturated heterocycles. The number of aryl methyl sites for hydroxylation is 1. The van der Waals surface area contributed by atoms with E-state index < -0.39 is 5.97 Å². The van der Waals surface area contributed by atoms with E-state index in [0.29, 0.717) is 30.4 Å². The predicted octanol–water partition coefficient (Wildman–Crippen LogP) is 1.80. The molecule has 0 saturated carbocycles. The number of esters is 1. The third-order valence-corrected chi connectivity index (χ3v) is 2.67. The van der Waals surface area contributed by atoms with Crippen LogP contribution in [0.15, 0.2) is 6.20 Å². The molecule has 1 heterocycles. The molecular weight excluding hydrogens is 246 g/mol. The van der Waals surface area contributed by atoms with Crippen LogP contribution in [-0.2, 0) is 9.47 Å². The number of methoxy groups -OCH3 is 1. The van der Waals surface area contributed by atoms with E-state index in [4.69, 9.17) is 9.47 Å². The van der Waals surface area contributed by atoms with E-state index in [9.17, 15) is 4.79 Å². The molecule has 1 aromatic rings. The molecule has 6 nitrogen and oxygen atoms in total. The van der Waals surface area contributed by atoms with Crippen LogP contribution >= 0.6 is 0 Å². The van der Waals surface area contributed by atoms with Crippen molar-refractivity contribution in [2.24, 2.45) is 0 Å². The highest BCUT2D eigenvalue weighted by Crippen LogP contribution is 2.10. The summed E-state index contributed by atoms with van der Waals surface area (Å²) in [5.74, 6) is 0.102. The van der Waals surface area contributed by atoms with Gasteiger partial charge in [-0.15, -0.1) is 0 Å². The number of carbonyl (C=O) groups excluding carboxylic acids is 1. The second kappa shape index (κ2) is 7.68. The fraction of sp³-hybridized carbons (Fsp3) is 0.615. The molecule has 1 unspecified atom stereocenters. The van der Waals surface area contributed by atoms with Crippen LogP contribution in [0.3, 0.4) is 0 Å². The lowest BCUT2D eigenvalue weighted by Crippen LogP contribution is -2.25. The van der Waals surface area contributed by atoms with Gasteiger partial charge in [-0.3, -0.25) is 0 Å². The normalized spacial score (nSPS) is 12.0. The summed E-state index contributed by atoms with van der Waals surface area (Å²) in [7, 11) is 1.65. The minimum atomic E-state index is -0.393. The maximum atomic E-state index is 11.6. The standard InChI is InChI=1S/C13H21N3O3/c1-5-10(8-18-4)16-13-14-7-11(9(3)15-13)12(17)19-6-2/h7,10H,5-6,8H2,1-4H3,(H,14,15,16). The summed E-state index contributed by atoms with van der Waals surface area (Å²) in [6, 6.07) is 0.151. The summed E-state index contributed by atoms with van der Waals surface area (Å²) in [5, 5.41) is 3.17. The SMILES string of the molecule is CCOC(=O)c1cnc(NC(CC)COC)nc1C. The van der Waals surface area contributed by atoms with Crippen LogP contribution in [0, 0.1) is 6.92 Å². The average Bonchev–Trinajstić information content (AvgIpc) is 2.38. The molecule has 0 aliphatic carbocycles. The highest BCUT2D eigenvalue weighted by molar-refractivity contribution is 5.90. The molecule has 0 aromatic carbocycles. The predicted molar refractivity (Wildman–Crippen MR) is 72.3 cm³/mol. The van der Waals surface area contributed by atoms with Gasteiger partial charge in [0.25, 0.3) is 0 Å². The molecule has 1 rings (SSSR count). The minimum Gasteiger partial charge on any atom is -0.462 e. The number of hydrogen-bond donors (Lipinski definition) is 1. The number of rotatable bonds is 7. The number of ether oxygens (including phenoxy) is 2. The first-order valence-electron chi connectivity index (χ1n) is 6.38. The molecule has 0 bridgehead atoms. The van der Waals surface area contributed by atoms with Crippen LogP contribution in [0.2, 0.25) is 0 Å². The van der Waals surface area contributed by atoms with Crippen molar-refractivity contribution in [2.75, 3.05) is 25.6 Å². The van der Waals surface area contributed by atoms with Crippen molar-refractivity contribution in [3.8, 4) is 0 Å². The molecule has 0 amide bonds. The Morgan fingerprint density at radius 2 is 2.21 bits per heavy atom. The van der Waals surface area contributed by atoms with Gasteiger partial charge in [0.05, 0.1) is 30.5 Å². The largest absolute Gasteiger partial charge is 0.462 e. The summed E-state index contributed by atoms with van der Waals surface area (Å²) in [6.07, 6.45) is 2.39. The maximum absolute atomic E-state index is 11.6. The molecular formula is C13H21N3O3. The summed E-state index contributed by atoms with van der Waals surface area (Å²) in [5.41, 5.74) is 0.996. The van der Waals surface area contributed by atoms with Crippen LogP contribution < -0.4 is 5.32 Å². The average molecular weight is 267 g/mol. The zero-order valence-electron chi connectivity index (χ0n) is 11.9. The summed E-state index contributed by atoms with van der Waals surface area (Å²) in [6.45, 7) is 6.50. The number of nitrogens with zero attached hydrogens (tertiary/aromatic N) is 2. The van der Waals surface area contributed by atoms with Crippen LogP contribution in [0.5, 0.6) is 0 Å². The monoisotopic (exact) mass is 267 g/mol. The lowest BCUT2D eigenvalue weighted by Gasteiger charge is -2.16. The van der Waals surface area contributed by atoms with E-state index in [1.165, 1.54) is 6.20 Å². The van der Waals surface area contributed by atoms with E-state index in [-0.39, 0.29) is 6.04 Å². The molecule has 1 aromatic heterocycles. The van der Waals surface area contributed by atoms with Crippen molar-refractivity contribution in [2.45, 2.75) is 33.2 Å². The summed E-state index contributed by atoms with van der Waals surface area (Å²) >= 11 is 0. The van der Waals surface area contributed by atoms with Crippen LogP contribution in [0.25, 0.3) is 0 Å². The fourth-order valence-electron chi connectivity index (χ4n) is 1.59. The second-order valence-corrected chi connectivity index (χ2v) is 4.12. The molecule has 0 radical (unpaired) electrons. The lowest BCUT2D eigenvalue weighted by molar-refractivity contribution is 0.0524. The van der Waals surface area contributed by atoms with Gasteiger partial charge < -0.3 is 14.8 Å². The van der Waals surface area contributed by atoms with Crippen molar-refractivity contribution in [3.05, 3.63) is 17.5 Å². The van der Waals surface area contributed by atoms with Crippen molar-refractivity contribution < 1.29 is 14.3 Å². The molecule has 0 aliphatic heterocycles. The highest BCUT2D eigenvalue weighted by atomic mass is 16.5. The Morgan fingerprint density at radius 3 is 2.74 bits per heavy atom. The Hall–Kier alpha value is -1.69. The number of carbonyl (C=O) groups is 1. The van der Waals surface area contributed by atoms with Gasteiger partial charge in [0.15, 0.2) is 0 Å². The minimum absolute atomic E-state index is 0.151. The van der Waals surface area contributed by atoms with Crippen LogP contribution in [0.1, 0.15) is 36.3 Å². The Labute approximate surface area is 113 Å². The summed E-state index contributed by atoms with van der Waals surface area (Å²) in [4.78, 5) is 20.0. The first-order valence-corrected chi connectivity index (χ1v) is 6.38. The Balaban J connectivity index is 2.78. The molecule has 0 aliphatic rings. The molecule has 19 heavy (non-hydrogen) atoms. The Kier molecular flexibility index (Phi) is 6.21. The lowest BCUT2D eigenvalue weighted by atomic mass is 10.2. The number of nitrogens with one attached hydrogen (secondary N) is 1. The Morgan fingerprint density at radius 1 is 1.47 bits per heavy atom. The number of anilines is 1. The van der Waals surface area contributed by atoms with Crippen LogP contribution in [-0.4, -0.2) is 42.3 Å². The molecule has 1 atom stereocenters. The first-order chi connectivity index (χ1) is 9.12. The maximum Gasteiger partial charge on any atom is 0.341 e. The second-order valence-electron chi connectivity index (χ2n) is 4.12. The van der Waals surface area contributed by atoms with E-state index >= 15 is 0 Å². The zero-order chi connectivity index (χ0) is 14.3. The van der Waals surface area contributed by atoms with Crippen LogP contribution in [0.4, 0.5) is 5.95 Å². The van der Waals surface area contributed by atoms with Gasteiger partial charge in [0.2, 0.25) is 5.95 Å². The molecule has 1 N–H and O–H groups in total.